The molecule has 1 saturated heterocycles. The van der Waals surface area contributed by atoms with Gasteiger partial charge in [0, 0.05) is 11.6 Å². The van der Waals surface area contributed by atoms with Crippen molar-refractivity contribution in [1.29, 1.82) is 0 Å². The van der Waals surface area contributed by atoms with Gasteiger partial charge < -0.3 is 4.74 Å². The van der Waals surface area contributed by atoms with Crippen molar-refractivity contribution in [3.05, 3.63) is 11.6 Å². The number of aliphatic imine (C=N–C) groups is 1. The lowest BCUT2D eigenvalue weighted by Crippen LogP contribution is -2.40. The first-order chi connectivity index (χ1) is 9.49. The summed E-state index contributed by atoms with van der Waals surface area (Å²) in [5.41, 5.74) is 1.83. The Kier molecular flexibility index (Phi) is 3.76. The van der Waals surface area contributed by atoms with Gasteiger partial charge >= 0.3 is 0 Å². The van der Waals surface area contributed by atoms with Crippen molar-refractivity contribution in [1.82, 2.24) is 5.32 Å². The molecule has 0 spiro atoms. The van der Waals surface area contributed by atoms with E-state index in [1.807, 2.05) is 0 Å². The number of epoxide rings is 1. The van der Waals surface area contributed by atoms with Crippen molar-refractivity contribution in [3.63, 3.8) is 0 Å². The first-order valence-corrected chi connectivity index (χ1v) is 8.09. The Hall–Kier alpha value is -0.670. The predicted molar refractivity (Wildman–Crippen MR) is 82.7 cm³/mol. The minimum atomic E-state index is 0.210. The molecule has 2 heterocycles. The number of hydrogen-bond donors (Lipinski definition) is 1. The summed E-state index contributed by atoms with van der Waals surface area (Å²) in [7, 11) is 0. The third kappa shape index (κ3) is 2.71. The zero-order valence-corrected chi connectivity index (χ0v) is 13.2. The summed E-state index contributed by atoms with van der Waals surface area (Å²) in [6, 6.07) is 0. The zero-order valence-electron chi connectivity index (χ0n) is 13.2. The summed E-state index contributed by atoms with van der Waals surface area (Å²) in [5, 5.41) is 3.60. The third-order valence-electron chi connectivity index (χ3n) is 5.51. The van der Waals surface area contributed by atoms with Gasteiger partial charge in [0.25, 0.3) is 0 Å². The zero-order chi connectivity index (χ0) is 14.3. The predicted octanol–water partition coefficient (Wildman–Crippen LogP) is 3.51. The summed E-state index contributed by atoms with van der Waals surface area (Å²) in [6.45, 7) is 9.25. The Morgan fingerprint density at radius 1 is 1.40 bits per heavy atom. The molecule has 0 amide bonds. The summed E-state index contributed by atoms with van der Waals surface area (Å²) in [4.78, 5) is 4.59. The minimum absolute atomic E-state index is 0.210. The van der Waals surface area contributed by atoms with Crippen LogP contribution < -0.4 is 5.32 Å². The Bertz CT molecular complexity index is 431. The normalized spacial score (nSPS) is 48.0. The maximum absolute atomic E-state index is 5.98. The van der Waals surface area contributed by atoms with E-state index in [1.165, 1.54) is 18.4 Å². The van der Waals surface area contributed by atoms with Crippen molar-refractivity contribution in [2.24, 2.45) is 22.2 Å². The number of nitrogens with one attached hydrogen (secondary N) is 1. The number of hydrogen-bond acceptors (Lipinski definition) is 3. The second kappa shape index (κ2) is 5.27. The Balaban J connectivity index is 1.59. The van der Waals surface area contributed by atoms with E-state index in [4.69, 9.17) is 4.74 Å². The van der Waals surface area contributed by atoms with Crippen LogP contribution in [0.1, 0.15) is 53.4 Å². The van der Waals surface area contributed by atoms with E-state index in [9.17, 15) is 0 Å². The summed E-state index contributed by atoms with van der Waals surface area (Å²) >= 11 is 0. The van der Waals surface area contributed by atoms with Crippen LogP contribution in [-0.4, -0.2) is 24.7 Å². The van der Waals surface area contributed by atoms with Crippen LogP contribution in [0.25, 0.3) is 0 Å². The molecule has 0 aromatic heterocycles. The molecule has 0 aromatic rings. The topological polar surface area (TPSA) is 36.9 Å². The molecule has 0 radical (unpaired) electrons. The average molecular weight is 276 g/mol. The lowest BCUT2D eigenvalue weighted by molar-refractivity contribution is 0.175. The second-order valence-electron chi connectivity index (χ2n) is 7.39. The Labute approximate surface area is 122 Å². The van der Waals surface area contributed by atoms with Crippen LogP contribution in [0.5, 0.6) is 0 Å². The van der Waals surface area contributed by atoms with Crippen molar-refractivity contribution < 1.29 is 4.74 Å². The molecule has 0 saturated carbocycles. The highest BCUT2D eigenvalue weighted by Crippen LogP contribution is 2.48. The molecule has 20 heavy (non-hydrogen) atoms. The van der Waals surface area contributed by atoms with Gasteiger partial charge in [0.1, 0.15) is 18.5 Å². The SMILES string of the molecule is CC1=CCC(C)(C2OC2NC2N=CCCC2C)CC1C. The molecule has 112 valence electrons. The van der Waals surface area contributed by atoms with E-state index >= 15 is 0 Å². The van der Waals surface area contributed by atoms with Gasteiger partial charge in [0.2, 0.25) is 0 Å². The molecule has 3 nitrogen and oxygen atoms in total. The quantitative estimate of drug-likeness (QED) is 0.632. The molecule has 1 fully saturated rings. The lowest BCUT2D eigenvalue weighted by atomic mass is 9.70. The van der Waals surface area contributed by atoms with Gasteiger partial charge in [0.15, 0.2) is 0 Å². The highest BCUT2D eigenvalue weighted by atomic mass is 16.6. The van der Waals surface area contributed by atoms with Crippen LogP contribution in [0.2, 0.25) is 0 Å². The second-order valence-corrected chi connectivity index (χ2v) is 7.39. The molecule has 1 aliphatic carbocycles. The first kappa shape index (κ1) is 14.3. The van der Waals surface area contributed by atoms with Gasteiger partial charge in [-0.15, -0.1) is 0 Å². The van der Waals surface area contributed by atoms with Crippen LogP contribution >= 0.6 is 0 Å². The minimum Gasteiger partial charge on any atom is -0.353 e. The fourth-order valence-corrected chi connectivity index (χ4v) is 3.75. The third-order valence-corrected chi connectivity index (χ3v) is 5.51. The monoisotopic (exact) mass is 276 g/mol. The van der Waals surface area contributed by atoms with Crippen molar-refractivity contribution in [2.45, 2.75) is 71.9 Å². The molecule has 6 atom stereocenters. The fraction of sp³-hybridized carbons (Fsp3) is 0.824. The maximum Gasteiger partial charge on any atom is 0.137 e. The van der Waals surface area contributed by atoms with Crippen molar-refractivity contribution in [3.8, 4) is 0 Å². The fourth-order valence-electron chi connectivity index (χ4n) is 3.75. The van der Waals surface area contributed by atoms with Gasteiger partial charge in [-0.3, -0.25) is 10.3 Å². The molecule has 3 rings (SSSR count). The summed E-state index contributed by atoms with van der Waals surface area (Å²) in [6.07, 6.45) is 10.0. The largest absolute Gasteiger partial charge is 0.353 e. The molecule has 1 N–H and O–H groups in total. The lowest BCUT2D eigenvalue weighted by Gasteiger charge is -2.35. The summed E-state index contributed by atoms with van der Waals surface area (Å²) in [5.74, 6) is 1.30. The number of ether oxygens (including phenoxy) is 1. The highest BCUT2D eigenvalue weighted by molar-refractivity contribution is 5.58. The highest BCUT2D eigenvalue weighted by Gasteiger charge is 2.53. The van der Waals surface area contributed by atoms with Crippen LogP contribution in [0, 0.1) is 17.3 Å². The Morgan fingerprint density at radius 3 is 2.90 bits per heavy atom. The van der Waals surface area contributed by atoms with E-state index in [1.54, 1.807) is 0 Å². The van der Waals surface area contributed by atoms with Crippen LogP contribution in [-0.2, 0) is 4.74 Å². The van der Waals surface area contributed by atoms with Crippen LogP contribution in [0.3, 0.4) is 0 Å². The standard InChI is InChI=1S/C17H28N2O/c1-11-7-8-17(4,10-13(11)3)14-16(20-14)19-15-12(2)6-5-9-18-15/h7,9,12-16,19H,5-6,8,10H2,1-4H3. The van der Waals surface area contributed by atoms with Gasteiger partial charge in [-0.2, -0.15) is 0 Å². The Morgan fingerprint density at radius 2 is 2.20 bits per heavy atom. The molecule has 0 aromatic carbocycles. The van der Waals surface area contributed by atoms with E-state index in [0.29, 0.717) is 17.9 Å². The first-order valence-electron chi connectivity index (χ1n) is 8.09. The number of allylic oxidation sites excluding steroid dienone is 2. The molecule has 3 heteroatoms. The van der Waals surface area contributed by atoms with Gasteiger partial charge in [-0.05, 0) is 44.4 Å². The molecule has 2 aliphatic heterocycles. The molecule has 3 aliphatic rings. The average Bonchev–Trinajstić information content (AvgIpc) is 3.17. The molecular formula is C17H28N2O. The van der Waals surface area contributed by atoms with Gasteiger partial charge in [0.05, 0.1) is 0 Å². The van der Waals surface area contributed by atoms with Crippen LogP contribution in [0.15, 0.2) is 16.6 Å². The van der Waals surface area contributed by atoms with Crippen molar-refractivity contribution >= 4 is 6.21 Å². The molecule has 6 unspecified atom stereocenters. The van der Waals surface area contributed by atoms with Crippen LogP contribution in [0.4, 0.5) is 0 Å². The van der Waals surface area contributed by atoms with E-state index in [2.05, 4.69) is 50.3 Å². The number of rotatable bonds is 3. The summed E-state index contributed by atoms with van der Waals surface area (Å²) < 4.78 is 5.98. The van der Waals surface area contributed by atoms with Gasteiger partial charge in [-0.25, -0.2) is 0 Å². The number of nitrogens with zero attached hydrogens (tertiary/aromatic N) is 1. The molecule has 0 bridgehead atoms. The van der Waals surface area contributed by atoms with E-state index in [0.717, 1.165) is 12.8 Å². The van der Waals surface area contributed by atoms with E-state index in [-0.39, 0.29) is 17.8 Å². The smallest absolute Gasteiger partial charge is 0.137 e. The van der Waals surface area contributed by atoms with Gasteiger partial charge in [-0.1, -0.05) is 32.4 Å². The maximum atomic E-state index is 5.98. The van der Waals surface area contributed by atoms with Crippen molar-refractivity contribution in [2.75, 3.05) is 0 Å². The molecular weight excluding hydrogens is 248 g/mol. The van der Waals surface area contributed by atoms with E-state index < -0.39 is 0 Å².